The lowest BCUT2D eigenvalue weighted by Gasteiger charge is -2.15. The van der Waals surface area contributed by atoms with E-state index in [2.05, 4.69) is 13.8 Å². The third-order valence-corrected chi connectivity index (χ3v) is 2.73. The van der Waals surface area contributed by atoms with Crippen LogP contribution in [0.5, 0.6) is 5.75 Å². The van der Waals surface area contributed by atoms with E-state index in [0.717, 1.165) is 24.2 Å². The molecule has 1 atom stereocenters. The minimum atomic E-state index is 0.0931. The molecule has 0 aliphatic rings. The van der Waals surface area contributed by atoms with E-state index in [-0.39, 0.29) is 6.61 Å². The molecule has 2 heteroatoms. The Morgan fingerprint density at radius 2 is 2.13 bits per heavy atom. The predicted octanol–water partition coefficient (Wildman–Crippen LogP) is 3.09. The zero-order valence-corrected chi connectivity index (χ0v) is 9.79. The number of methoxy groups -OCH3 is 1. The average molecular weight is 208 g/mol. The highest BCUT2D eigenvalue weighted by Crippen LogP contribution is 2.30. The number of rotatable bonds is 5. The Hall–Kier alpha value is -1.02. The van der Waals surface area contributed by atoms with Crippen LogP contribution in [0.15, 0.2) is 18.2 Å². The number of aliphatic hydroxyl groups excluding tert-OH is 1. The highest BCUT2D eigenvalue weighted by Gasteiger charge is 2.11. The van der Waals surface area contributed by atoms with E-state index in [1.54, 1.807) is 7.11 Å². The highest BCUT2D eigenvalue weighted by molar-refractivity contribution is 5.39. The topological polar surface area (TPSA) is 29.5 Å². The number of aliphatic hydroxyl groups is 1. The maximum Gasteiger partial charge on any atom is 0.122 e. The zero-order chi connectivity index (χ0) is 11.3. The first kappa shape index (κ1) is 12.1. The van der Waals surface area contributed by atoms with Gasteiger partial charge in [0.05, 0.1) is 13.7 Å². The van der Waals surface area contributed by atoms with Crippen LogP contribution in [0.2, 0.25) is 0 Å². The van der Waals surface area contributed by atoms with Crippen LogP contribution >= 0.6 is 0 Å². The van der Waals surface area contributed by atoms with Gasteiger partial charge in [-0.05, 0) is 35.6 Å². The fourth-order valence-corrected chi connectivity index (χ4v) is 1.86. The van der Waals surface area contributed by atoms with Crippen LogP contribution in [0.4, 0.5) is 0 Å². The summed E-state index contributed by atoms with van der Waals surface area (Å²) in [5.74, 6) is 1.41. The fourth-order valence-electron chi connectivity index (χ4n) is 1.86. The van der Waals surface area contributed by atoms with Crippen molar-refractivity contribution in [3.8, 4) is 5.75 Å². The van der Waals surface area contributed by atoms with Gasteiger partial charge in [0.25, 0.3) is 0 Å². The lowest BCUT2D eigenvalue weighted by molar-refractivity contribution is 0.281. The Bertz CT molecular complexity index is 307. The lowest BCUT2D eigenvalue weighted by Crippen LogP contribution is -1.99. The number of hydrogen-bond acceptors (Lipinski definition) is 2. The standard InChI is InChI=1S/C13H20O2/c1-4-5-10(2)12-8-11(9-14)6-7-13(12)15-3/h6-8,10,14H,4-5,9H2,1-3H3. The minimum Gasteiger partial charge on any atom is -0.496 e. The maximum absolute atomic E-state index is 9.10. The molecule has 0 bridgehead atoms. The number of benzene rings is 1. The Kier molecular flexibility index (Phi) is 4.63. The summed E-state index contributed by atoms with van der Waals surface area (Å²) in [4.78, 5) is 0. The van der Waals surface area contributed by atoms with Gasteiger partial charge in [0, 0.05) is 0 Å². The molecule has 0 heterocycles. The van der Waals surface area contributed by atoms with Gasteiger partial charge < -0.3 is 9.84 Å². The second kappa shape index (κ2) is 5.76. The molecule has 1 N–H and O–H groups in total. The molecule has 0 aromatic heterocycles. The summed E-state index contributed by atoms with van der Waals surface area (Å²) in [6, 6.07) is 5.88. The maximum atomic E-state index is 9.10. The molecular weight excluding hydrogens is 188 g/mol. The smallest absolute Gasteiger partial charge is 0.122 e. The molecule has 1 aromatic carbocycles. The second-order valence-corrected chi connectivity index (χ2v) is 3.92. The molecule has 1 unspecified atom stereocenters. The lowest BCUT2D eigenvalue weighted by atomic mass is 9.94. The molecule has 15 heavy (non-hydrogen) atoms. The molecule has 0 radical (unpaired) electrons. The van der Waals surface area contributed by atoms with Crippen molar-refractivity contribution in [2.75, 3.05) is 7.11 Å². The average Bonchev–Trinajstić information content (AvgIpc) is 2.28. The van der Waals surface area contributed by atoms with Crippen LogP contribution in [-0.4, -0.2) is 12.2 Å². The van der Waals surface area contributed by atoms with E-state index >= 15 is 0 Å². The molecule has 1 aromatic rings. The first-order valence-electron chi connectivity index (χ1n) is 5.50. The molecular formula is C13H20O2. The van der Waals surface area contributed by atoms with Gasteiger partial charge in [-0.25, -0.2) is 0 Å². The highest BCUT2D eigenvalue weighted by atomic mass is 16.5. The van der Waals surface area contributed by atoms with Crippen molar-refractivity contribution in [3.05, 3.63) is 29.3 Å². The van der Waals surface area contributed by atoms with Gasteiger partial charge in [-0.3, -0.25) is 0 Å². The molecule has 0 spiro atoms. The van der Waals surface area contributed by atoms with Crippen molar-refractivity contribution in [1.82, 2.24) is 0 Å². The molecule has 1 rings (SSSR count). The van der Waals surface area contributed by atoms with Crippen LogP contribution in [0.3, 0.4) is 0 Å². The molecule has 0 aliphatic heterocycles. The van der Waals surface area contributed by atoms with Crippen molar-refractivity contribution >= 4 is 0 Å². The van der Waals surface area contributed by atoms with Crippen LogP contribution < -0.4 is 4.74 Å². The van der Waals surface area contributed by atoms with Crippen LogP contribution in [0.1, 0.15) is 43.7 Å². The first-order chi connectivity index (χ1) is 7.22. The molecule has 0 saturated heterocycles. The van der Waals surface area contributed by atoms with Crippen LogP contribution in [-0.2, 0) is 6.61 Å². The molecule has 0 amide bonds. The molecule has 0 saturated carbocycles. The van der Waals surface area contributed by atoms with Gasteiger partial charge in [0.1, 0.15) is 5.75 Å². The number of ether oxygens (including phenoxy) is 1. The summed E-state index contributed by atoms with van der Waals surface area (Å²) >= 11 is 0. The van der Waals surface area contributed by atoms with E-state index in [9.17, 15) is 0 Å². The van der Waals surface area contributed by atoms with Crippen molar-refractivity contribution in [3.63, 3.8) is 0 Å². The van der Waals surface area contributed by atoms with Crippen molar-refractivity contribution in [2.45, 2.75) is 39.2 Å². The van der Waals surface area contributed by atoms with E-state index in [0.29, 0.717) is 5.92 Å². The molecule has 0 fully saturated rings. The summed E-state index contributed by atoms with van der Waals surface area (Å²) in [6.45, 7) is 4.47. The van der Waals surface area contributed by atoms with Crippen LogP contribution in [0, 0.1) is 0 Å². The summed E-state index contributed by atoms with van der Waals surface area (Å²) in [7, 11) is 1.69. The molecule has 2 nitrogen and oxygen atoms in total. The van der Waals surface area contributed by atoms with Gasteiger partial charge in [0.15, 0.2) is 0 Å². The van der Waals surface area contributed by atoms with Crippen molar-refractivity contribution in [2.24, 2.45) is 0 Å². The summed E-state index contributed by atoms with van der Waals surface area (Å²) in [6.07, 6.45) is 2.30. The summed E-state index contributed by atoms with van der Waals surface area (Å²) in [5, 5.41) is 9.10. The van der Waals surface area contributed by atoms with E-state index in [4.69, 9.17) is 9.84 Å². The monoisotopic (exact) mass is 208 g/mol. The Balaban J connectivity index is 3.00. The Morgan fingerprint density at radius 1 is 1.40 bits per heavy atom. The normalized spacial score (nSPS) is 12.5. The largest absolute Gasteiger partial charge is 0.496 e. The summed E-state index contributed by atoms with van der Waals surface area (Å²) in [5.41, 5.74) is 2.15. The predicted molar refractivity (Wildman–Crippen MR) is 62.2 cm³/mol. The third kappa shape index (κ3) is 2.96. The molecule has 84 valence electrons. The Morgan fingerprint density at radius 3 is 2.67 bits per heavy atom. The quantitative estimate of drug-likeness (QED) is 0.805. The third-order valence-electron chi connectivity index (χ3n) is 2.73. The van der Waals surface area contributed by atoms with Gasteiger partial charge in [-0.1, -0.05) is 26.3 Å². The van der Waals surface area contributed by atoms with E-state index in [1.807, 2.05) is 18.2 Å². The second-order valence-electron chi connectivity index (χ2n) is 3.92. The van der Waals surface area contributed by atoms with Crippen molar-refractivity contribution in [1.29, 1.82) is 0 Å². The number of hydrogen-bond donors (Lipinski definition) is 1. The summed E-state index contributed by atoms with van der Waals surface area (Å²) < 4.78 is 5.33. The fraction of sp³-hybridized carbons (Fsp3) is 0.538. The molecule has 0 aliphatic carbocycles. The first-order valence-corrected chi connectivity index (χ1v) is 5.50. The van der Waals surface area contributed by atoms with Gasteiger partial charge in [-0.15, -0.1) is 0 Å². The van der Waals surface area contributed by atoms with Gasteiger partial charge in [-0.2, -0.15) is 0 Å². The zero-order valence-electron chi connectivity index (χ0n) is 9.79. The van der Waals surface area contributed by atoms with Gasteiger partial charge >= 0.3 is 0 Å². The Labute approximate surface area is 91.9 Å². The minimum absolute atomic E-state index is 0.0931. The van der Waals surface area contributed by atoms with E-state index in [1.165, 1.54) is 5.56 Å². The van der Waals surface area contributed by atoms with Crippen molar-refractivity contribution < 1.29 is 9.84 Å². The van der Waals surface area contributed by atoms with Crippen LogP contribution in [0.25, 0.3) is 0 Å². The van der Waals surface area contributed by atoms with Gasteiger partial charge in [0.2, 0.25) is 0 Å². The SMILES string of the molecule is CCCC(C)c1cc(CO)ccc1OC. The van der Waals surface area contributed by atoms with E-state index < -0.39 is 0 Å².